The topological polar surface area (TPSA) is 22.4 Å². The fourth-order valence-electron chi connectivity index (χ4n) is 5.19. The van der Waals surface area contributed by atoms with Crippen molar-refractivity contribution in [3.05, 3.63) is 144 Å². The normalized spacial score (nSPS) is 16.8. The third kappa shape index (κ3) is 3.11. The Morgan fingerprint density at radius 1 is 0.514 bits per heavy atom. The molecule has 0 saturated heterocycles. The number of furan rings is 1. The van der Waals surface area contributed by atoms with Crippen LogP contribution in [0.5, 0.6) is 5.75 Å². The van der Waals surface area contributed by atoms with Crippen molar-refractivity contribution < 1.29 is 9.15 Å². The van der Waals surface area contributed by atoms with Crippen LogP contribution in [0.25, 0.3) is 39.1 Å². The van der Waals surface area contributed by atoms with Gasteiger partial charge in [-0.1, -0.05) is 103 Å². The molecule has 0 fully saturated rings. The summed E-state index contributed by atoms with van der Waals surface area (Å²) in [5.41, 5.74) is 6.65. The maximum absolute atomic E-state index is 6.94. The zero-order chi connectivity index (χ0) is 23.2. The number of rotatable bonds is 3. The Labute approximate surface area is 203 Å². The lowest BCUT2D eigenvalue weighted by atomic mass is 9.82. The maximum Gasteiger partial charge on any atom is 0.178 e. The predicted molar refractivity (Wildman–Crippen MR) is 142 cm³/mol. The van der Waals surface area contributed by atoms with E-state index in [1.165, 1.54) is 11.1 Å². The number of ether oxygens (including phenoxy) is 1. The fraction of sp³-hybridized carbons (Fsp3) is 0.0303. The quantitative estimate of drug-likeness (QED) is 0.269. The van der Waals surface area contributed by atoms with Gasteiger partial charge in [0.2, 0.25) is 0 Å². The van der Waals surface area contributed by atoms with Crippen molar-refractivity contribution in [3.8, 4) is 16.9 Å². The molecule has 0 radical (unpaired) electrons. The second-order valence-corrected chi connectivity index (χ2v) is 8.93. The van der Waals surface area contributed by atoms with Gasteiger partial charge in [-0.05, 0) is 41.5 Å². The first kappa shape index (κ1) is 19.9. The molecule has 7 rings (SSSR count). The molecule has 0 amide bonds. The molecule has 35 heavy (non-hydrogen) atoms. The van der Waals surface area contributed by atoms with Crippen LogP contribution < -0.4 is 4.74 Å². The van der Waals surface area contributed by atoms with E-state index in [4.69, 9.17) is 9.15 Å². The Morgan fingerprint density at radius 2 is 1.17 bits per heavy atom. The van der Waals surface area contributed by atoms with E-state index in [9.17, 15) is 0 Å². The van der Waals surface area contributed by atoms with E-state index in [0.717, 1.165) is 44.4 Å². The maximum atomic E-state index is 6.94. The Bertz CT molecular complexity index is 1690. The average molecular weight is 451 g/mol. The SMILES string of the molecule is C1=CC(c2ccccc2)(c2ccc(-c3ccccc3)cc2)Oc2ccc3oc4ccccc4c3c21. The highest BCUT2D eigenvalue weighted by molar-refractivity contribution is 6.10. The Morgan fingerprint density at radius 3 is 1.97 bits per heavy atom. The van der Waals surface area contributed by atoms with Crippen molar-refractivity contribution in [2.24, 2.45) is 0 Å². The lowest BCUT2D eigenvalue weighted by Crippen LogP contribution is -2.34. The summed E-state index contributed by atoms with van der Waals surface area (Å²) in [6, 6.07) is 41.8. The Balaban J connectivity index is 1.40. The molecule has 1 atom stereocenters. The highest BCUT2D eigenvalue weighted by Gasteiger charge is 2.37. The number of hydrogen-bond donors (Lipinski definition) is 0. The highest BCUT2D eigenvalue weighted by atomic mass is 16.5. The van der Waals surface area contributed by atoms with Crippen molar-refractivity contribution >= 4 is 28.0 Å². The van der Waals surface area contributed by atoms with Crippen molar-refractivity contribution in [3.63, 3.8) is 0 Å². The molecule has 1 aliphatic rings. The van der Waals surface area contributed by atoms with Gasteiger partial charge in [-0.15, -0.1) is 0 Å². The van der Waals surface area contributed by atoms with Gasteiger partial charge in [0, 0.05) is 27.5 Å². The third-order valence-corrected chi connectivity index (χ3v) is 6.92. The second-order valence-electron chi connectivity index (χ2n) is 8.93. The van der Waals surface area contributed by atoms with Crippen LogP contribution in [0.1, 0.15) is 16.7 Å². The summed E-state index contributed by atoms with van der Waals surface area (Å²) in [5, 5.41) is 2.20. The molecular weight excluding hydrogens is 428 g/mol. The second kappa shape index (κ2) is 7.75. The molecule has 166 valence electrons. The summed E-state index contributed by atoms with van der Waals surface area (Å²) in [6.45, 7) is 0. The Kier molecular flexibility index (Phi) is 4.40. The predicted octanol–water partition coefficient (Wildman–Crippen LogP) is 8.60. The monoisotopic (exact) mass is 450 g/mol. The minimum absolute atomic E-state index is 0.726. The molecule has 5 aromatic carbocycles. The highest BCUT2D eigenvalue weighted by Crippen LogP contribution is 2.46. The van der Waals surface area contributed by atoms with Crippen molar-refractivity contribution in [1.29, 1.82) is 0 Å². The summed E-state index contributed by atoms with van der Waals surface area (Å²) in [7, 11) is 0. The molecule has 1 aromatic heterocycles. The summed E-state index contributed by atoms with van der Waals surface area (Å²) >= 11 is 0. The van der Waals surface area contributed by atoms with Crippen LogP contribution in [0.2, 0.25) is 0 Å². The zero-order valence-electron chi connectivity index (χ0n) is 19.0. The van der Waals surface area contributed by atoms with E-state index in [1.807, 2.05) is 42.5 Å². The lowest BCUT2D eigenvalue weighted by Gasteiger charge is -2.36. The van der Waals surface area contributed by atoms with Crippen molar-refractivity contribution in [2.75, 3.05) is 0 Å². The number of benzene rings is 5. The van der Waals surface area contributed by atoms with Crippen molar-refractivity contribution in [1.82, 2.24) is 0 Å². The molecule has 0 N–H and O–H groups in total. The van der Waals surface area contributed by atoms with Gasteiger partial charge < -0.3 is 9.15 Å². The van der Waals surface area contributed by atoms with E-state index in [2.05, 4.69) is 91.0 Å². The molecule has 0 spiro atoms. The zero-order valence-corrected chi connectivity index (χ0v) is 19.0. The third-order valence-electron chi connectivity index (χ3n) is 6.92. The van der Waals surface area contributed by atoms with E-state index in [-0.39, 0.29) is 0 Å². The summed E-state index contributed by atoms with van der Waals surface area (Å²) < 4.78 is 13.0. The molecule has 2 heteroatoms. The molecule has 0 bridgehead atoms. The number of para-hydroxylation sites is 1. The standard InChI is InChI=1S/C33H22O2/c1-3-9-23(10-4-1)24-15-17-26(18-16-24)33(25-11-5-2-6-12-25)22-21-28-30(35-33)19-20-31-32(28)27-13-7-8-14-29(27)34-31/h1-22H. The smallest absolute Gasteiger partial charge is 0.178 e. The van der Waals surface area contributed by atoms with Gasteiger partial charge in [0.15, 0.2) is 5.60 Å². The number of hydrogen-bond acceptors (Lipinski definition) is 2. The lowest BCUT2D eigenvalue weighted by molar-refractivity contribution is 0.161. The van der Waals surface area contributed by atoms with E-state index >= 15 is 0 Å². The van der Waals surface area contributed by atoms with E-state index in [0.29, 0.717) is 0 Å². The number of fused-ring (bicyclic) bond motifs is 5. The van der Waals surface area contributed by atoms with Gasteiger partial charge in [0.05, 0.1) is 0 Å². The van der Waals surface area contributed by atoms with Gasteiger partial charge in [0.1, 0.15) is 16.9 Å². The molecule has 1 aliphatic heterocycles. The minimum Gasteiger partial charge on any atom is -0.473 e. The minimum atomic E-state index is -0.726. The molecule has 0 saturated carbocycles. The Hall–Kier alpha value is -4.56. The van der Waals surface area contributed by atoms with Gasteiger partial charge in [-0.2, -0.15) is 0 Å². The first-order valence-electron chi connectivity index (χ1n) is 11.9. The first-order chi connectivity index (χ1) is 17.3. The molecule has 2 nitrogen and oxygen atoms in total. The van der Waals surface area contributed by atoms with Crippen LogP contribution in [0.3, 0.4) is 0 Å². The van der Waals surface area contributed by atoms with E-state index < -0.39 is 5.60 Å². The van der Waals surface area contributed by atoms with Gasteiger partial charge in [0.25, 0.3) is 0 Å². The van der Waals surface area contributed by atoms with Gasteiger partial charge >= 0.3 is 0 Å². The largest absolute Gasteiger partial charge is 0.473 e. The molecule has 2 heterocycles. The summed E-state index contributed by atoms with van der Waals surface area (Å²) in [5.74, 6) is 0.850. The molecular formula is C33H22O2. The molecule has 1 unspecified atom stereocenters. The van der Waals surface area contributed by atoms with Crippen LogP contribution in [-0.2, 0) is 5.60 Å². The van der Waals surface area contributed by atoms with Crippen molar-refractivity contribution in [2.45, 2.75) is 5.60 Å². The van der Waals surface area contributed by atoms with Gasteiger partial charge in [-0.3, -0.25) is 0 Å². The average Bonchev–Trinajstić information content (AvgIpc) is 3.33. The molecule has 0 aliphatic carbocycles. The van der Waals surface area contributed by atoms with Crippen LogP contribution in [-0.4, -0.2) is 0 Å². The van der Waals surface area contributed by atoms with Gasteiger partial charge in [-0.25, -0.2) is 0 Å². The molecule has 6 aromatic rings. The summed E-state index contributed by atoms with van der Waals surface area (Å²) in [4.78, 5) is 0. The fourth-order valence-corrected chi connectivity index (χ4v) is 5.19. The van der Waals surface area contributed by atoms with Crippen LogP contribution in [0.4, 0.5) is 0 Å². The van der Waals surface area contributed by atoms with Crippen LogP contribution in [0.15, 0.2) is 132 Å². The van der Waals surface area contributed by atoms with Crippen LogP contribution >= 0.6 is 0 Å². The summed E-state index contributed by atoms with van der Waals surface area (Å²) in [6.07, 6.45) is 4.38. The first-order valence-corrected chi connectivity index (χ1v) is 11.9. The van der Waals surface area contributed by atoms with Crippen LogP contribution in [0, 0.1) is 0 Å². The van der Waals surface area contributed by atoms with E-state index in [1.54, 1.807) is 0 Å².